The van der Waals surface area contributed by atoms with Gasteiger partial charge in [0.2, 0.25) is 5.91 Å². The number of allylic oxidation sites excluding steroid dienone is 2. The molecule has 0 aliphatic heterocycles. The molecule has 126 valence electrons. The highest BCUT2D eigenvalue weighted by molar-refractivity contribution is 5.89. The Kier molecular flexibility index (Phi) is 3.95. The van der Waals surface area contributed by atoms with Gasteiger partial charge in [-0.3, -0.25) is 4.79 Å². The fourth-order valence-electron chi connectivity index (χ4n) is 4.47. The fourth-order valence-corrected chi connectivity index (χ4v) is 4.47. The molecule has 0 saturated heterocycles. The smallest absolute Gasteiger partial charge is 0.220 e. The lowest BCUT2D eigenvalue weighted by Gasteiger charge is -2.24. The molecule has 2 atom stereocenters. The zero-order chi connectivity index (χ0) is 16.7. The Hall–Kier alpha value is -2.03. The van der Waals surface area contributed by atoms with Gasteiger partial charge in [-0.1, -0.05) is 18.2 Å². The second-order valence-electron chi connectivity index (χ2n) is 7.56. The molecular formula is C21H26N2O. The minimum absolute atomic E-state index is 0.215. The van der Waals surface area contributed by atoms with Gasteiger partial charge in [0.15, 0.2) is 0 Å². The first-order valence-electron chi connectivity index (χ1n) is 9.17. The first-order valence-corrected chi connectivity index (χ1v) is 9.17. The van der Waals surface area contributed by atoms with Gasteiger partial charge in [0.05, 0.1) is 0 Å². The summed E-state index contributed by atoms with van der Waals surface area (Å²) >= 11 is 0. The molecule has 0 spiro atoms. The van der Waals surface area contributed by atoms with Crippen LogP contribution in [0.1, 0.15) is 48.1 Å². The number of nitrogens with one attached hydrogen (secondary N) is 2. The van der Waals surface area contributed by atoms with Crippen LogP contribution in [0.5, 0.6) is 0 Å². The van der Waals surface area contributed by atoms with Crippen LogP contribution in [0.2, 0.25) is 0 Å². The number of hydrogen-bond donors (Lipinski definition) is 2. The van der Waals surface area contributed by atoms with E-state index in [1.807, 2.05) is 0 Å². The highest BCUT2D eigenvalue weighted by atomic mass is 16.1. The number of rotatable bonds is 3. The number of H-pyrrole nitrogens is 1. The summed E-state index contributed by atoms with van der Waals surface area (Å²) in [7, 11) is 0. The lowest BCUT2D eigenvalue weighted by molar-refractivity contribution is -0.122. The molecule has 2 aliphatic carbocycles. The van der Waals surface area contributed by atoms with Gasteiger partial charge in [0.1, 0.15) is 0 Å². The van der Waals surface area contributed by atoms with Crippen molar-refractivity contribution in [3.05, 3.63) is 46.7 Å². The topological polar surface area (TPSA) is 44.9 Å². The minimum Gasteiger partial charge on any atom is -0.358 e. The van der Waals surface area contributed by atoms with Crippen molar-refractivity contribution in [3.8, 4) is 0 Å². The van der Waals surface area contributed by atoms with Crippen molar-refractivity contribution in [3.63, 3.8) is 0 Å². The van der Waals surface area contributed by atoms with Crippen LogP contribution in [0, 0.1) is 19.8 Å². The van der Waals surface area contributed by atoms with Crippen LogP contribution in [0.4, 0.5) is 0 Å². The number of hydrogen-bond acceptors (Lipinski definition) is 1. The first-order chi connectivity index (χ1) is 11.6. The molecule has 1 amide bonds. The quantitative estimate of drug-likeness (QED) is 0.821. The van der Waals surface area contributed by atoms with Crippen molar-refractivity contribution in [1.82, 2.24) is 10.3 Å². The number of amides is 1. The van der Waals surface area contributed by atoms with Crippen molar-refractivity contribution in [2.75, 3.05) is 0 Å². The summed E-state index contributed by atoms with van der Waals surface area (Å²) in [4.78, 5) is 15.9. The summed E-state index contributed by atoms with van der Waals surface area (Å²) in [5.74, 6) is 0.662. The molecule has 1 aromatic heterocycles. The summed E-state index contributed by atoms with van der Waals surface area (Å²) in [6, 6.07) is 4.77. The molecule has 0 bridgehead atoms. The van der Waals surface area contributed by atoms with Gasteiger partial charge in [-0.15, -0.1) is 0 Å². The van der Waals surface area contributed by atoms with Crippen LogP contribution in [0.25, 0.3) is 10.9 Å². The zero-order valence-corrected chi connectivity index (χ0v) is 14.6. The summed E-state index contributed by atoms with van der Waals surface area (Å²) < 4.78 is 0. The Balaban J connectivity index is 1.50. The van der Waals surface area contributed by atoms with Crippen molar-refractivity contribution in [2.45, 2.75) is 58.4 Å². The van der Waals surface area contributed by atoms with E-state index in [-0.39, 0.29) is 11.9 Å². The van der Waals surface area contributed by atoms with Crippen LogP contribution in [0.3, 0.4) is 0 Å². The lowest BCUT2D eigenvalue weighted by Crippen LogP contribution is -2.39. The Morgan fingerprint density at radius 1 is 1.29 bits per heavy atom. The molecule has 0 saturated carbocycles. The summed E-state index contributed by atoms with van der Waals surface area (Å²) in [5, 5.41) is 4.65. The Morgan fingerprint density at radius 2 is 2.17 bits per heavy atom. The third-order valence-electron chi connectivity index (χ3n) is 5.55. The average molecular weight is 322 g/mol. The third kappa shape index (κ3) is 2.88. The van der Waals surface area contributed by atoms with Gasteiger partial charge < -0.3 is 10.3 Å². The lowest BCUT2D eigenvalue weighted by atomic mass is 9.89. The van der Waals surface area contributed by atoms with Gasteiger partial charge in [-0.2, -0.15) is 0 Å². The molecule has 2 aromatic rings. The molecule has 2 N–H and O–H groups in total. The number of carbonyl (C=O) groups is 1. The maximum absolute atomic E-state index is 12.3. The van der Waals surface area contributed by atoms with Crippen LogP contribution in [-0.2, 0) is 17.6 Å². The van der Waals surface area contributed by atoms with E-state index < -0.39 is 0 Å². The number of benzene rings is 1. The van der Waals surface area contributed by atoms with E-state index in [1.54, 1.807) is 0 Å². The highest BCUT2D eigenvalue weighted by Crippen LogP contribution is 2.32. The zero-order valence-electron chi connectivity index (χ0n) is 14.6. The molecule has 1 aromatic carbocycles. The number of aryl methyl sites for hydroxylation is 3. The molecule has 24 heavy (non-hydrogen) atoms. The van der Waals surface area contributed by atoms with Crippen molar-refractivity contribution >= 4 is 16.8 Å². The van der Waals surface area contributed by atoms with E-state index in [0.717, 1.165) is 32.1 Å². The van der Waals surface area contributed by atoms with Gasteiger partial charge >= 0.3 is 0 Å². The Bertz CT molecular complexity index is 815. The molecule has 3 nitrogen and oxygen atoms in total. The van der Waals surface area contributed by atoms with Crippen molar-refractivity contribution in [1.29, 1.82) is 0 Å². The van der Waals surface area contributed by atoms with E-state index in [2.05, 4.69) is 48.4 Å². The van der Waals surface area contributed by atoms with Gasteiger partial charge in [-0.05, 0) is 74.6 Å². The van der Waals surface area contributed by atoms with Crippen LogP contribution in [0.15, 0.2) is 24.3 Å². The third-order valence-corrected chi connectivity index (χ3v) is 5.55. The summed E-state index contributed by atoms with van der Waals surface area (Å²) in [6.07, 6.45) is 10.3. The molecule has 2 aliphatic rings. The SMILES string of the molecule is Cc1cc(C)c2c3c([nH]c2c1)CCC(NC(=O)CC1C=CCC1)C3. The monoisotopic (exact) mass is 322 g/mol. The number of aromatic nitrogens is 1. The fraction of sp³-hybridized carbons (Fsp3) is 0.476. The van der Waals surface area contributed by atoms with Crippen molar-refractivity contribution < 1.29 is 4.79 Å². The van der Waals surface area contributed by atoms with Crippen LogP contribution in [-0.4, -0.2) is 16.9 Å². The minimum atomic E-state index is 0.215. The van der Waals surface area contributed by atoms with E-state index in [4.69, 9.17) is 0 Å². The molecule has 1 heterocycles. The number of carbonyl (C=O) groups excluding carboxylic acids is 1. The van der Waals surface area contributed by atoms with Crippen LogP contribution >= 0.6 is 0 Å². The average Bonchev–Trinajstić information content (AvgIpc) is 3.13. The van der Waals surface area contributed by atoms with E-state index in [9.17, 15) is 4.79 Å². The van der Waals surface area contributed by atoms with E-state index in [1.165, 1.54) is 33.3 Å². The maximum atomic E-state index is 12.3. The molecule has 2 unspecified atom stereocenters. The molecular weight excluding hydrogens is 296 g/mol. The summed E-state index contributed by atoms with van der Waals surface area (Å²) in [6.45, 7) is 4.34. The standard InChI is InChI=1S/C21H26N2O/c1-13-9-14(2)21-17-12-16(7-8-18(17)23-19(21)10-13)22-20(24)11-15-5-3-4-6-15/h3,5,9-10,15-16,23H,4,6-8,11-12H2,1-2H3,(H,22,24). The largest absolute Gasteiger partial charge is 0.358 e. The number of fused-ring (bicyclic) bond motifs is 3. The molecule has 0 fully saturated rings. The predicted molar refractivity (Wildman–Crippen MR) is 98.2 cm³/mol. The molecule has 4 rings (SSSR count). The molecule has 0 radical (unpaired) electrons. The number of aromatic amines is 1. The van der Waals surface area contributed by atoms with Gasteiger partial charge in [0, 0.05) is 29.1 Å². The normalized spacial score (nSPS) is 22.8. The van der Waals surface area contributed by atoms with Crippen LogP contribution < -0.4 is 5.32 Å². The second-order valence-corrected chi connectivity index (χ2v) is 7.56. The van der Waals surface area contributed by atoms with Gasteiger partial charge in [0.25, 0.3) is 0 Å². The van der Waals surface area contributed by atoms with Crippen molar-refractivity contribution in [2.24, 2.45) is 5.92 Å². The Morgan fingerprint density at radius 3 is 2.96 bits per heavy atom. The summed E-state index contributed by atoms with van der Waals surface area (Å²) in [5.41, 5.74) is 6.67. The van der Waals surface area contributed by atoms with E-state index >= 15 is 0 Å². The Labute approximate surface area is 143 Å². The molecule has 3 heteroatoms. The van der Waals surface area contributed by atoms with Gasteiger partial charge in [-0.25, -0.2) is 0 Å². The van der Waals surface area contributed by atoms with E-state index in [0.29, 0.717) is 12.3 Å². The highest BCUT2D eigenvalue weighted by Gasteiger charge is 2.25. The second kappa shape index (κ2) is 6.12. The maximum Gasteiger partial charge on any atom is 0.220 e. The predicted octanol–water partition coefficient (Wildman–Crippen LogP) is 4.11. The first kappa shape index (κ1) is 15.5.